The minimum Gasteiger partial charge on any atom is -0.505 e. The minimum absolute atomic E-state index is 0.317. The molecule has 68 valence electrons. The molecule has 0 aliphatic heterocycles. The summed E-state index contributed by atoms with van der Waals surface area (Å²) in [6.45, 7) is 0. The molecule has 0 aromatic heterocycles. The Labute approximate surface area is 72.0 Å². The van der Waals surface area contributed by atoms with Crippen molar-refractivity contribution in [2.75, 3.05) is 0 Å². The summed E-state index contributed by atoms with van der Waals surface area (Å²) in [7, 11) is 0. The van der Waals surface area contributed by atoms with Crippen molar-refractivity contribution in [1.29, 1.82) is 0 Å². The first kappa shape index (κ1) is 8.98. The van der Waals surface area contributed by atoms with Crippen LogP contribution in [0, 0.1) is 4.91 Å². The molecule has 0 amide bonds. The monoisotopic (exact) mass is 183 g/mol. The van der Waals surface area contributed by atoms with E-state index in [2.05, 4.69) is 5.18 Å². The first-order chi connectivity index (χ1) is 6.06. The average Bonchev–Trinajstić information content (AvgIpc) is 2.03. The van der Waals surface area contributed by atoms with Crippen molar-refractivity contribution < 1.29 is 20.1 Å². The van der Waals surface area contributed by atoms with Crippen molar-refractivity contribution in [3.05, 3.63) is 22.6 Å². The lowest BCUT2D eigenvalue weighted by molar-refractivity contribution is 0.0696. The number of phenols is 2. The number of aromatic carboxylic acids is 1. The molecule has 6 nitrogen and oxygen atoms in total. The Morgan fingerprint density at radius 3 is 2.00 bits per heavy atom. The topological polar surface area (TPSA) is 107 Å². The summed E-state index contributed by atoms with van der Waals surface area (Å²) in [5, 5.41) is 28.8. The fourth-order valence-electron chi connectivity index (χ4n) is 0.821. The van der Waals surface area contributed by atoms with Crippen molar-refractivity contribution in [2.45, 2.75) is 0 Å². The molecule has 0 aliphatic rings. The number of benzene rings is 1. The standard InChI is InChI=1S/C7H5NO5/c9-4-1-3(7(11)12)2-5(10)6(4)8-13/h1-2,9-10H,(H,11,12). The van der Waals surface area contributed by atoms with Crippen LogP contribution in [-0.2, 0) is 0 Å². The van der Waals surface area contributed by atoms with Gasteiger partial charge in [-0.1, -0.05) is 0 Å². The van der Waals surface area contributed by atoms with Gasteiger partial charge in [0.1, 0.15) is 11.5 Å². The molecule has 0 saturated heterocycles. The van der Waals surface area contributed by atoms with E-state index >= 15 is 0 Å². The molecular weight excluding hydrogens is 178 g/mol. The third kappa shape index (κ3) is 1.56. The van der Waals surface area contributed by atoms with Crippen molar-refractivity contribution in [2.24, 2.45) is 5.18 Å². The number of phenolic OH excluding ortho intramolecular Hbond substituents is 2. The predicted molar refractivity (Wildman–Crippen MR) is 42.2 cm³/mol. The van der Waals surface area contributed by atoms with Crippen LogP contribution in [0.2, 0.25) is 0 Å². The molecule has 3 N–H and O–H groups in total. The molecule has 0 heterocycles. The Morgan fingerprint density at radius 2 is 1.69 bits per heavy atom. The number of hydrogen-bond acceptors (Lipinski definition) is 5. The first-order valence-electron chi connectivity index (χ1n) is 3.19. The molecule has 1 rings (SSSR count). The van der Waals surface area contributed by atoms with Gasteiger partial charge in [0, 0.05) is 0 Å². The molecule has 0 radical (unpaired) electrons. The van der Waals surface area contributed by atoms with Crippen LogP contribution in [0.3, 0.4) is 0 Å². The Balaban J connectivity index is 3.36. The fourth-order valence-corrected chi connectivity index (χ4v) is 0.821. The minimum atomic E-state index is -1.32. The fraction of sp³-hybridized carbons (Fsp3) is 0. The van der Waals surface area contributed by atoms with E-state index in [1.807, 2.05) is 0 Å². The highest BCUT2D eigenvalue weighted by molar-refractivity contribution is 5.90. The largest absolute Gasteiger partial charge is 0.505 e. The number of nitroso groups, excluding NO2 is 1. The maximum atomic E-state index is 10.4. The predicted octanol–water partition coefficient (Wildman–Crippen LogP) is 1.19. The molecular formula is C7H5NO5. The molecule has 6 heteroatoms. The number of carboxylic acid groups (broad SMARTS) is 1. The quantitative estimate of drug-likeness (QED) is 0.597. The second-order valence-electron chi connectivity index (χ2n) is 2.26. The van der Waals surface area contributed by atoms with E-state index in [0.29, 0.717) is 0 Å². The third-order valence-corrected chi connectivity index (χ3v) is 1.41. The van der Waals surface area contributed by atoms with Crippen molar-refractivity contribution >= 4 is 11.7 Å². The van der Waals surface area contributed by atoms with Crippen molar-refractivity contribution in [3.8, 4) is 11.5 Å². The van der Waals surface area contributed by atoms with Gasteiger partial charge in [0.2, 0.25) is 0 Å². The Morgan fingerprint density at radius 1 is 1.23 bits per heavy atom. The highest BCUT2D eigenvalue weighted by Crippen LogP contribution is 2.36. The van der Waals surface area contributed by atoms with E-state index in [-0.39, 0.29) is 5.56 Å². The van der Waals surface area contributed by atoms with Crippen LogP contribution in [0.4, 0.5) is 5.69 Å². The molecule has 0 saturated carbocycles. The molecule has 0 fully saturated rings. The molecule has 0 atom stereocenters. The molecule has 1 aromatic rings. The Hall–Kier alpha value is -2.11. The van der Waals surface area contributed by atoms with Gasteiger partial charge in [0.15, 0.2) is 5.69 Å². The molecule has 13 heavy (non-hydrogen) atoms. The van der Waals surface area contributed by atoms with Crippen molar-refractivity contribution in [3.63, 3.8) is 0 Å². The van der Waals surface area contributed by atoms with Gasteiger partial charge in [-0.15, -0.1) is 4.91 Å². The maximum absolute atomic E-state index is 10.4. The van der Waals surface area contributed by atoms with Crippen LogP contribution in [0.25, 0.3) is 0 Å². The lowest BCUT2D eigenvalue weighted by Crippen LogP contribution is -1.95. The van der Waals surface area contributed by atoms with Gasteiger partial charge in [-0.25, -0.2) is 4.79 Å². The van der Waals surface area contributed by atoms with E-state index in [1.165, 1.54) is 0 Å². The zero-order chi connectivity index (χ0) is 10.0. The van der Waals surface area contributed by atoms with Crippen LogP contribution in [0.5, 0.6) is 11.5 Å². The van der Waals surface area contributed by atoms with Crippen LogP contribution in [0.1, 0.15) is 10.4 Å². The second-order valence-corrected chi connectivity index (χ2v) is 2.26. The average molecular weight is 183 g/mol. The van der Waals surface area contributed by atoms with Gasteiger partial charge in [-0.05, 0) is 17.3 Å². The highest BCUT2D eigenvalue weighted by Gasteiger charge is 2.13. The normalized spacial score (nSPS) is 9.54. The summed E-state index contributed by atoms with van der Waals surface area (Å²) in [4.78, 5) is 20.4. The highest BCUT2D eigenvalue weighted by atomic mass is 16.4. The van der Waals surface area contributed by atoms with Crippen LogP contribution >= 0.6 is 0 Å². The van der Waals surface area contributed by atoms with Crippen LogP contribution < -0.4 is 0 Å². The molecule has 0 aliphatic carbocycles. The van der Waals surface area contributed by atoms with Gasteiger partial charge in [0.05, 0.1) is 5.56 Å². The van der Waals surface area contributed by atoms with E-state index in [1.54, 1.807) is 0 Å². The number of aromatic hydroxyl groups is 2. The van der Waals surface area contributed by atoms with Gasteiger partial charge < -0.3 is 15.3 Å². The van der Waals surface area contributed by atoms with Crippen LogP contribution in [0.15, 0.2) is 17.3 Å². The van der Waals surface area contributed by atoms with E-state index < -0.39 is 23.2 Å². The summed E-state index contributed by atoms with van der Waals surface area (Å²) < 4.78 is 0. The second kappa shape index (κ2) is 3.10. The van der Waals surface area contributed by atoms with E-state index in [4.69, 9.17) is 15.3 Å². The summed E-state index contributed by atoms with van der Waals surface area (Å²) in [5.74, 6) is -2.64. The molecule has 0 bridgehead atoms. The summed E-state index contributed by atoms with van der Waals surface area (Å²) in [6.07, 6.45) is 0. The molecule has 0 spiro atoms. The number of carboxylic acids is 1. The zero-order valence-electron chi connectivity index (χ0n) is 6.26. The first-order valence-corrected chi connectivity index (χ1v) is 3.19. The number of hydrogen-bond donors (Lipinski definition) is 3. The Bertz CT molecular complexity index is 350. The Kier molecular flexibility index (Phi) is 2.14. The van der Waals surface area contributed by atoms with Gasteiger partial charge in [-0.2, -0.15) is 0 Å². The molecule has 0 unspecified atom stereocenters. The lowest BCUT2D eigenvalue weighted by atomic mass is 10.2. The van der Waals surface area contributed by atoms with Gasteiger partial charge in [0.25, 0.3) is 0 Å². The summed E-state index contributed by atoms with van der Waals surface area (Å²) in [5.41, 5.74) is -0.882. The number of nitrogens with zero attached hydrogens (tertiary/aromatic N) is 1. The SMILES string of the molecule is O=Nc1c(O)cc(C(=O)O)cc1O. The number of carbonyl (C=O) groups is 1. The lowest BCUT2D eigenvalue weighted by Gasteiger charge is -2.00. The summed E-state index contributed by atoms with van der Waals surface area (Å²) >= 11 is 0. The zero-order valence-corrected chi connectivity index (χ0v) is 6.26. The summed E-state index contributed by atoms with van der Waals surface area (Å²) in [6, 6.07) is 1.66. The molecule has 1 aromatic carbocycles. The smallest absolute Gasteiger partial charge is 0.335 e. The third-order valence-electron chi connectivity index (χ3n) is 1.41. The number of rotatable bonds is 2. The van der Waals surface area contributed by atoms with E-state index in [9.17, 15) is 9.70 Å². The van der Waals surface area contributed by atoms with Crippen molar-refractivity contribution in [1.82, 2.24) is 0 Å². The van der Waals surface area contributed by atoms with Gasteiger partial charge in [-0.3, -0.25) is 0 Å². The van der Waals surface area contributed by atoms with E-state index in [0.717, 1.165) is 12.1 Å². The van der Waals surface area contributed by atoms with Crippen LogP contribution in [-0.4, -0.2) is 21.3 Å². The van der Waals surface area contributed by atoms with Gasteiger partial charge >= 0.3 is 5.97 Å². The maximum Gasteiger partial charge on any atom is 0.335 e.